The molecule has 0 saturated carbocycles. The van der Waals surface area contributed by atoms with Gasteiger partial charge in [-0.1, -0.05) is 37.1 Å². The molecule has 0 aromatic heterocycles. The number of methoxy groups -OCH3 is 1. The molecule has 1 aliphatic heterocycles. The molecule has 2 aromatic rings. The zero-order valence-corrected chi connectivity index (χ0v) is 15.1. The molecule has 1 N–H and O–H groups in total. The molecular formula is C21H25FN2O2. The van der Waals surface area contributed by atoms with Crippen LogP contribution in [0.15, 0.2) is 48.5 Å². The fourth-order valence-electron chi connectivity index (χ4n) is 3.50. The summed E-state index contributed by atoms with van der Waals surface area (Å²) in [6.07, 6.45) is 4.39. The molecule has 138 valence electrons. The van der Waals surface area contributed by atoms with Crippen LogP contribution in [0.1, 0.15) is 37.3 Å². The van der Waals surface area contributed by atoms with Gasteiger partial charge in [-0.05, 0) is 49.2 Å². The fraction of sp³-hybridized carbons (Fsp3) is 0.381. The predicted octanol–water partition coefficient (Wildman–Crippen LogP) is 4.39. The van der Waals surface area contributed by atoms with Crippen LogP contribution in [0.25, 0.3) is 0 Å². The number of carbonyl (C=O) groups is 1. The van der Waals surface area contributed by atoms with E-state index in [1.54, 1.807) is 25.3 Å². The Morgan fingerprint density at radius 1 is 1.15 bits per heavy atom. The van der Waals surface area contributed by atoms with E-state index in [0.29, 0.717) is 0 Å². The van der Waals surface area contributed by atoms with Gasteiger partial charge in [-0.25, -0.2) is 4.39 Å². The Kier molecular flexibility index (Phi) is 6.23. The number of hydrogen-bond acceptors (Lipinski definition) is 3. The van der Waals surface area contributed by atoms with Crippen LogP contribution in [0, 0.1) is 5.82 Å². The highest BCUT2D eigenvalue weighted by Crippen LogP contribution is 2.31. The molecule has 2 aromatic carbocycles. The third-order valence-electron chi connectivity index (χ3n) is 4.86. The zero-order chi connectivity index (χ0) is 18.4. The smallest absolute Gasteiger partial charge is 0.238 e. The van der Waals surface area contributed by atoms with Crippen molar-refractivity contribution in [3.8, 4) is 5.75 Å². The highest BCUT2D eigenvalue weighted by molar-refractivity contribution is 5.92. The summed E-state index contributed by atoms with van der Waals surface area (Å²) in [5, 5.41) is 2.69. The summed E-state index contributed by atoms with van der Waals surface area (Å²) >= 11 is 0. The lowest BCUT2D eigenvalue weighted by Gasteiger charge is -2.29. The number of nitrogens with one attached hydrogen (secondary N) is 1. The van der Waals surface area contributed by atoms with Crippen molar-refractivity contribution >= 4 is 11.6 Å². The predicted molar refractivity (Wildman–Crippen MR) is 101 cm³/mol. The van der Waals surface area contributed by atoms with Gasteiger partial charge in [0.2, 0.25) is 5.91 Å². The molecule has 1 fully saturated rings. The van der Waals surface area contributed by atoms with Crippen molar-refractivity contribution in [2.45, 2.75) is 31.7 Å². The summed E-state index contributed by atoms with van der Waals surface area (Å²) in [7, 11) is 1.65. The normalized spacial score (nSPS) is 18.2. The van der Waals surface area contributed by atoms with Gasteiger partial charge >= 0.3 is 0 Å². The van der Waals surface area contributed by atoms with E-state index in [9.17, 15) is 9.18 Å². The van der Waals surface area contributed by atoms with Gasteiger partial charge in [-0.3, -0.25) is 9.69 Å². The minimum absolute atomic E-state index is 0.185. The number of halogens is 1. The van der Waals surface area contributed by atoms with Gasteiger partial charge in [0.05, 0.1) is 19.3 Å². The van der Waals surface area contributed by atoms with Crippen molar-refractivity contribution in [3.63, 3.8) is 0 Å². The largest absolute Gasteiger partial charge is 0.497 e. The van der Waals surface area contributed by atoms with Gasteiger partial charge in [0.1, 0.15) is 11.6 Å². The number of anilines is 1. The number of nitrogens with zero attached hydrogens (tertiary/aromatic N) is 1. The molecule has 0 spiro atoms. The van der Waals surface area contributed by atoms with Crippen molar-refractivity contribution in [1.82, 2.24) is 4.90 Å². The van der Waals surface area contributed by atoms with E-state index in [1.807, 2.05) is 12.1 Å². The fourth-order valence-corrected chi connectivity index (χ4v) is 3.50. The number of benzene rings is 2. The second-order valence-electron chi connectivity index (χ2n) is 6.64. The van der Waals surface area contributed by atoms with Crippen molar-refractivity contribution in [1.29, 1.82) is 0 Å². The first-order valence-electron chi connectivity index (χ1n) is 9.10. The quantitative estimate of drug-likeness (QED) is 0.864. The summed E-state index contributed by atoms with van der Waals surface area (Å²) < 4.78 is 19.0. The minimum Gasteiger partial charge on any atom is -0.497 e. The van der Waals surface area contributed by atoms with Gasteiger partial charge in [-0.15, -0.1) is 0 Å². The van der Waals surface area contributed by atoms with E-state index >= 15 is 0 Å². The lowest BCUT2D eigenvalue weighted by atomic mass is 10.0. The molecule has 1 saturated heterocycles. The Hall–Kier alpha value is -2.40. The molecule has 0 bridgehead atoms. The highest BCUT2D eigenvalue weighted by atomic mass is 19.1. The maximum absolute atomic E-state index is 13.8. The average Bonchev–Trinajstić information content (AvgIpc) is 2.89. The van der Waals surface area contributed by atoms with Crippen LogP contribution in [0.2, 0.25) is 0 Å². The number of para-hydroxylation sites is 1. The van der Waals surface area contributed by atoms with Gasteiger partial charge in [0.15, 0.2) is 0 Å². The Bertz CT molecular complexity index is 733. The van der Waals surface area contributed by atoms with Crippen LogP contribution in [0.5, 0.6) is 5.75 Å². The first-order chi connectivity index (χ1) is 12.7. The number of ether oxygens (including phenoxy) is 1. The first-order valence-corrected chi connectivity index (χ1v) is 9.10. The third kappa shape index (κ3) is 4.61. The maximum Gasteiger partial charge on any atom is 0.238 e. The number of hydrogen-bond donors (Lipinski definition) is 1. The zero-order valence-electron chi connectivity index (χ0n) is 15.1. The van der Waals surface area contributed by atoms with E-state index in [-0.39, 0.29) is 24.2 Å². The molecule has 1 aliphatic rings. The van der Waals surface area contributed by atoms with Crippen LogP contribution < -0.4 is 10.1 Å². The summed E-state index contributed by atoms with van der Waals surface area (Å²) in [6, 6.07) is 14.5. The Balaban J connectivity index is 1.71. The number of rotatable bonds is 5. The molecule has 1 amide bonds. The van der Waals surface area contributed by atoms with Crippen molar-refractivity contribution in [2.24, 2.45) is 0 Å². The second kappa shape index (κ2) is 8.81. The van der Waals surface area contributed by atoms with Gasteiger partial charge in [-0.2, -0.15) is 0 Å². The minimum atomic E-state index is -0.413. The monoisotopic (exact) mass is 356 g/mol. The lowest BCUT2D eigenvalue weighted by Crippen LogP contribution is -2.36. The van der Waals surface area contributed by atoms with Crippen LogP contribution in [0.4, 0.5) is 10.1 Å². The van der Waals surface area contributed by atoms with E-state index < -0.39 is 5.82 Å². The molecule has 1 atom stereocenters. The number of carbonyl (C=O) groups excluding carboxylic acids is 1. The van der Waals surface area contributed by atoms with Crippen LogP contribution >= 0.6 is 0 Å². The topological polar surface area (TPSA) is 41.6 Å². The Morgan fingerprint density at radius 3 is 2.65 bits per heavy atom. The van der Waals surface area contributed by atoms with Crippen LogP contribution in [-0.4, -0.2) is 31.0 Å². The van der Waals surface area contributed by atoms with Crippen molar-refractivity contribution in [3.05, 3.63) is 59.9 Å². The Morgan fingerprint density at radius 2 is 1.92 bits per heavy atom. The van der Waals surface area contributed by atoms with Gasteiger partial charge in [0, 0.05) is 6.04 Å². The van der Waals surface area contributed by atoms with Crippen molar-refractivity contribution < 1.29 is 13.9 Å². The van der Waals surface area contributed by atoms with Gasteiger partial charge in [0.25, 0.3) is 0 Å². The summed E-state index contributed by atoms with van der Waals surface area (Å²) in [5.41, 5.74) is 1.42. The lowest BCUT2D eigenvalue weighted by molar-refractivity contribution is -0.117. The molecular weight excluding hydrogens is 331 g/mol. The molecule has 5 heteroatoms. The molecule has 0 aliphatic carbocycles. The number of likely N-dealkylation sites (tertiary alicyclic amines) is 1. The number of amides is 1. The molecule has 26 heavy (non-hydrogen) atoms. The maximum atomic E-state index is 13.8. The van der Waals surface area contributed by atoms with Crippen LogP contribution in [-0.2, 0) is 4.79 Å². The third-order valence-corrected chi connectivity index (χ3v) is 4.86. The highest BCUT2D eigenvalue weighted by Gasteiger charge is 2.24. The van der Waals surface area contributed by atoms with E-state index in [1.165, 1.54) is 11.6 Å². The van der Waals surface area contributed by atoms with Crippen molar-refractivity contribution in [2.75, 3.05) is 25.5 Å². The van der Waals surface area contributed by atoms with E-state index in [4.69, 9.17) is 4.74 Å². The standard InChI is InChI=1S/C21H25FN2O2/c1-26-17-12-10-16(11-13-17)20-9-3-2-6-14-24(20)15-21(25)23-19-8-5-4-7-18(19)22/h4-5,7-8,10-13,20H,2-3,6,9,14-15H2,1H3,(H,23,25)/t20-/m1/s1. The molecule has 0 radical (unpaired) electrons. The molecule has 0 unspecified atom stereocenters. The van der Waals surface area contributed by atoms with E-state index in [2.05, 4.69) is 22.3 Å². The second-order valence-corrected chi connectivity index (χ2v) is 6.64. The molecule has 1 heterocycles. The summed E-state index contributed by atoms with van der Waals surface area (Å²) in [6.45, 7) is 1.12. The summed E-state index contributed by atoms with van der Waals surface area (Å²) in [5.74, 6) is 0.227. The first kappa shape index (κ1) is 18.4. The van der Waals surface area contributed by atoms with Crippen LogP contribution in [0.3, 0.4) is 0 Å². The molecule has 4 nitrogen and oxygen atoms in total. The SMILES string of the molecule is COc1ccc([C@H]2CCCCCN2CC(=O)Nc2ccccc2F)cc1. The summed E-state index contributed by atoms with van der Waals surface area (Å²) in [4.78, 5) is 14.7. The van der Waals surface area contributed by atoms with Gasteiger partial charge < -0.3 is 10.1 Å². The van der Waals surface area contributed by atoms with E-state index in [0.717, 1.165) is 38.0 Å². The average molecular weight is 356 g/mol. The molecule has 3 rings (SSSR count). The Labute approximate surface area is 154 Å².